The van der Waals surface area contributed by atoms with Crippen molar-refractivity contribution in [2.24, 2.45) is 7.05 Å². The van der Waals surface area contributed by atoms with Crippen molar-refractivity contribution in [3.8, 4) is 0 Å². The second-order valence-electron chi connectivity index (χ2n) is 5.08. The van der Waals surface area contributed by atoms with Gasteiger partial charge in [-0.15, -0.1) is 5.10 Å². The molecule has 0 aromatic carbocycles. The Kier molecular flexibility index (Phi) is 5.50. The number of nitrogens with zero attached hydrogens (tertiary/aromatic N) is 3. The highest BCUT2D eigenvalue weighted by molar-refractivity contribution is 7.99. The van der Waals surface area contributed by atoms with Crippen molar-refractivity contribution in [3.63, 3.8) is 0 Å². The molecule has 1 saturated carbocycles. The quantitative estimate of drug-likeness (QED) is 0.821. The molecule has 1 fully saturated rings. The van der Waals surface area contributed by atoms with E-state index in [-0.39, 0.29) is 0 Å². The maximum atomic E-state index is 4.18. The van der Waals surface area contributed by atoms with E-state index in [9.17, 15) is 0 Å². The lowest BCUT2D eigenvalue weighted by atomic mass is 10.2. The zero-order valence-corrected chi connectivity index (χ0v) is 12.2. The van der Waals surface area contributed by atoms with Crippen molar-refractivity contribution >= 4 is 11.8 Å². The summed E-state index contributed by atoms with van der Waals surface area (Å²) < 4.78 is 1.78. The van der Waals surface area contributed by atoms with Crippen LogP contribution in [0.15, 0.2) is 6.20 Å². The van der Waals surface area contributed by atoms with Crippen molar-refractivity contribution in [2.45, 2.75) is 50.3 Å². The van der Waals surface area contributed by atoms with Crippen LogP contribution in [0.5, 0.6) is 0 Å². The van der Waals surface area contributed by atoms with Gasteiger partial charge in [0.25, 0.3) is 0 Å². The standard InChI is InChI=1S/C13H24N4S/c1-3-14-12(8-11-9-17(2)16-15-11)10-18-13-6-4-5-7-13/h9,12-14H,3-8,10H2,1-2H3. The highest BCUT2D eigenvalue weighted by Gasteiger charge is 2.18. The van der Waals surface area contributed by atoms with Gasteiger partial charge in [0, 0.05) is 36.7 Å². The van der Waals surface area contributed by atoms with Crippen LogP contribution in [0.1, 0.15) is 38.3 Å². The van der Waals surface area contributed by atoms with Crippen molar-refractivity contribution < 1.29 is 0 Å². The Labute approximate surface area is 114 Å². The van der Waals surface area contributed by atoms with Gasteiger partial charge in [-0.05, 0) is 19.4 Å². The number of likely N-dealkylation sites (N-methyl/N-ethyl adjacent to an activating group) is 1. The summed E-state index contributed by atoms with van der Waals surface area (Å²) in [5, 5.41) is 12.6. The molecule has 102 valence electrons. The SMILES string of the molecule is CCNC(CSC1CCCC1)Cc1cn(C)nn1. The van der Waals surface area contributed by atoms with E-state index in [1.54, 1.807) is 4.68 Å². The predicted molar refractivity (Wildman–Crippen MR) is 76.9 cm³/mol. The van der Waals surface area contributed by atoms with Crippen LogP contribution in [-0.4, -0.2) is 38.6 Å². The Morgan fingerprint density at radius 1 is 1.50 bits per heavy atom. The van der Waals surface area contributed by atoms with Gasteiger partial charge in [-0.1, -0.05) is 25.0 Å². The molecule has 0 saturated heterocycles. The number of rotatable bonds is 7. The zero-order chi connectivity index (χ0) is 12.8. The summed E-state index contributed by atoms with van der Waals surface area (Å²) >= 11 is 2.14. The summed E-state index contributed by atoms with van der Waals surface area (Å²) in [6.45, 7) is 3.19. The summed E-state index contributed by atoms with van der Waals surface area (Å²) in [5.74, 6) is 1.19. The van der Waals surface area contributed by atoms with Gasteiger partial charge in [0.05, 0.1) is 5.69 Å². The number of hydrogen-bond donors (Lipinski definition) is 1. The van der Waals surface area contributed by atoms with Crippen LogP contribution in [0.3, 0.4) is 0 Å². The van der Waals surface area contributed by atoms with Crippen molar-refractivity contribution in [2.75, 3.05) is 12.3 Å². The smallest absolute Gasteiger partial charge is 0.0842 e. The number of aromatic nitrogens is 3. The van der Waals surface area contributed by atoms with Gasteiger partial charge in [-0.25, -0.2) is 0 Å². The maximum Gasteiger partial charge on any atom is 0.0842 e. The van der Waals surface area contributed by atoms with E-state index in [0.29, 0.717) is 6.04 Å². The number of nitrogens with one attached hydrogen (secondary N) is 1. The zero-order valence-electron chi connectivity index (χ0n) is 11.4. The van der Waals surface area contributed by atoms with Crippen molar-refractivity contribution in [1.29, 1.82) is 0 Å². The second kappa shape index (κ2) is 7.14. The second-order valence-corrected chi connectivity index (χ2v) is 6.42. The molecule has 4 nitrogen and oxygen atoms in total. The Hall–Kier alpha value is -0.550. The molecule has 0 radical (unpaired) electrons. The fourth-order valence-electron chi connectivity index (χ4n) is 2.53. The van der Waals surface area contributed by atoms with Crippen LogP contribution < -0.4 is 5.32 Å². The van der Waals surface area contributed by atoms with Crippen molar-refractivity contribution in [1.82, 2.24) is 20.3 Å². The molecule has 0 aliphatic heterocycles. The minimum Gasteiger partial charge on any atom is -0.313 e. The predicted octanol–water partition coefficient (Wildman–Crippen LogP) is 2.01. The highest BCUT2D eigenvalue weighted by atomic mass is 32.2. The van der Waals surface area contributed by atoms with E-state index in [2.05, 4.69) is 34.3 Å². The molecule has 1 heterocycles. The van der Waals surface area contributed by atoms with E-state index in [0.717, 1.165) is 23.9 Å². The van der Waals surface area contributed by atoms with Crippen LogP contribution in [0.25, 0.3) is 0 Å². The molecular weight excluding hydrogens is 244 g/mol. The Bertz CT molecular complexity index is 347. The molecule has 1 aliphatic carbocycles. The molecule has 1 aromatic rings. The van der Waals surface area contributed by atoms with Gasteiger partial charge < -0.3 is 5.32 Å². The first kappa shape index (κ1) is 13.9. The fourth-order valence-corrected chi connectivity index (χ4v) is 3.93. The lowest BCUT2D eigenvalue weighted by Crippen LogP contribution is -2.34. The first-order valence-corrected chi connectivity index (χ1v) is 8.03. The van der Waals surface area contributed by atoms with Gasteiger partial charge >= 0.3 is 0 Å². The van der Waals surface area contributed by atoms with Gasteiger partial charge in [0.1, 0.15) is 0 Å². The van der Waals surface area contributed by atoms with Crippen LogP contribution in [0, 0.1) is 0 Å². The topological polar surface area (TPSA) is 42.7 Å². The van der Waals surface area contributed by atoms with Crippen LogP contribution in [0.4, 0.5) is 0 Å². The maximum absolute atomic E-state index is 4.18. The molecular formula is C13H24N4S. The molecule has 1 aromatic heterocycles. The molecule has 1 N–H and O–H groups in total. The lowest BCUT2D eigenvalue weighted by Gasteiger charge is -2.18. The van der Waals surface area contributed by atoms with Crippen LogP contribution in [0.2, 0.25) is 0 Å². The molecule has 1 unspecified atom stereocenters. The van der Waals surface area contributed by atoms with E-state index in [1.165, 1.54) is 31.4 Å². The Morgan fingerprint density at radius 3 is 2.89 bits per heavy atom. The molecule has 2 rings (SSSR count). The highest BCUT2D eigenvalue weighted by Crippen LogP contribution is 2.29. The molecule has 1 atom stereocenters. The molecule has 18 heavy (non-hydrogen) atoms. The number of hydrogen-bond acceptors (Lipinski definition) is 4. The van der Waals surface area contributed by atoms with Gasteiger partial charge in [-0.3, -0.25) is 4.68 Å². The Morgan fingerprint density at radius 2 is 2.28 bits per heavy atom. The van der Waals surface area contributed by atoms with Gasteiger partial charge in [-0.2, -0.15) is 11.8 Å². The lowest BCUT2D eigenvalue weighted by molar-refractivity contribution is 0.565. The number of thioether (sulfide) groups is 1. The fraction of sp³-hybridized carbons (Fsp3) is 0.846. The molecule has 0 spiro atoms. The third-order valence-corrected chi connectivity index (χ3v) is 4.97. The average molecular weight is 268 g/mol. The normalized spacial score (nSPS) is 18.3. The van der Waals surface area contributed by atoms with E-state index in [1.807, 2.05) is 13.2 Å². The van der Waals surface area contributed by atoms with Gasteiger partial charge in [0.15, 0.2) is 0 Å². The summed E-state index contributed by atoms with van der Waals surface area (Å²) in [4.78, 5) is 0. The molecule has 0 bridgehead atoms. The van der Waals surface area contributed by atoms with E-state index in [4.69, 9.17) is 0 Å². The Balaban J connectivity index is 1.79. The molecule has 1 aliphatic rings. The number of aryl methyl sites for hydroxylation is 1. The molecule has 5 heteroatoms. The van der Waals surface area contributed by atoms with E-state index < -0.39 is 0 Å². The largest absolute Gasteiger partial charge is 0.313 e. The minimum absolute atomic E-state index is 0.525. The summed E-state index contributed by atoms with van der Waals surface area (Å²) in [7, 11) is 1.92. The minimum atomic E-state index is 0.525. The first-order chi connectivity index (χ1) is 8.78. The average Bonchev–Trinajstić information content (AvgIpc) is 2.98. The summed E-state index contributed by atoms with van der Waals surface area (Å²) in [5.41, 5.74) is 1.09. The van der Waals surface area contributed by atoms with E-state index >= 15 is 0 Å². The van der Waals surface area contributed by atoms with Crippen LogP contribution in [-0.2, 0) is 13.5 Å². The third kappa shape index (κ3) is 4.28. The first-order valence-electron chi connectivity index (χ1n) is 6.98. The van der Waals surface area contributed by atoms with Crippen molar-refractivity contribution in [3.05, 3.63) is 11.9 Å². The van der Waals surface area contributed by atoms with Crippen LogP contribution >= 0.6 is 11.8 Å². The monoisotopic (exact) mass is 268 g/mol. The summed E-state index contributed by atoms with van der Waals surface area (Å²) in [6.07, 6.45) is 8.68. The third-order valence-electron chi connectivity index (χ3n) is 3.43. The molecule has 0 amide bonds. The van der Waals surface area contributed by atoms with Gasteiger partial charge in [0.2, 0.25) is 0 Å². The summed E-state index contributed by atoms with van der Waals surface area (Å²) in [6, 6.07) is 0.525.